The maximum absolute atomic E-state index is 12.5. The monoisotopic (exact) mass is 311 g/mol. The summed E-state index contributed by atoms with van der Waals surface area (Å²) in [5, 5.41) is -0.441. The third-order valence-electron chi connectivity index (χ3n) is 3.45. The summed E-state index contributed by atoms with van der Waals surface area (Å²) in [5.74, 6) is -0.167. The van der Waals surface area contributed by atoms with E-state index in [0.717, 1.165) is 16.8 Å². The van der Waals surface area contributed by atoms with E-state index in [1.54, 1.807) is 4.90 Å². The number of hydrogen-bond acceptors (Lipinski definition) is 3. The van der Waals surface area contributed by atoms with E-state index in [0.29, 0.717) is 6.42 Å². The van der Waals surface area contributed by atoms with Crippen molar-refractivity contribution in [1.82, 2.24) is 0 Å². The molecule has 0 radical (unpaired) electrons. The number of amides is 1. The van der Waals surface area contributed by atoms with E-state index in [2.05, 4.69) is 0 Å². The van der Waals surface area contributed by atoms with Gasteiger partial charge in [0.2, 0.25) is 5.24 Å². The average Bonchev–Trinajstić information content (AvgIpc) is 2.41. The summed E-state index contributed by atoms with van der Waals surface area (Å²) >= 11 is 5.54. The minimum absolute atomic E-state index is 0.0270. The third-order valence-corrected chi connectivity index (χ3v) is 3.60. The number of benzene rings is 1. The van der Waals surface area contributed by atoms with Gasteiger partial charge in [0.05, 0.1) is 0 Å². The van der Waals surface area contributed by atoms with E-state index >= 15 is 0 Å². The van der Waals surface area contributed by atoms with Crippen LogP contribution in [-0.2, 0) is 14.3 Å². The van der Waals surface area contributed by atoms with Crippen LogP contribution in [-0.4, -0.2) is 30.9 Å². The van der Waals surface area contributed by atoms with Crippen LogP contribution in [0.15, 0.2) is 18.2 Å². The maximum atomic E-state index is 12.5. The van der Waals surface area contributed by atoms with Gasteiger partial charge in [0.25, 0.3) is 5.91 Å². The van der Waals surface area contributed by atoms with Crippen LogP contribution in [0.25, 0.3) is 0 Å². The van der Waals surface area contributed by atoms with Crippen LogP contribution in [0.3, 0.4) is 0 Å². The molecule has 0 saturated heterocycles. The van der Waals surface area contributed by atoms with Crippen molar-refractivity contribution in [3.05, 3.63) is 29.3 Å². The summed E-state index contributed by atoms with van der Waals surface area (Å²) in [6.07, 6.45) is 0.767. The molecule has 0 aromatic heterocycles. The highest BCUT2D eigenvalue weighted by molar-refractivity contribution is 6.63. The van der Waals surface area contributed by atoms with Gasteiger partial charge in [-0.3, -0.25) is 9.59 Å². The van der Waals surface area contributed by atoms with Crippen molar-refractivity contribution in [2.45, 2.75) is 39.7 Å². The lowest BCUT2D eigenvalue weighted by molar-refractivity contribution is -0.122. The number of carbonyl (C=O) groups excluding carboxylic acids is 2. The average molecular weight is 312 g/mol. The van der Waals surface area contributed by atoms with Gasteiger partial charge >= 0.3 is 0 Å². The number of halogens is 1. The fourth-order valence-electron chi connectivity index (χ4n) is 2.49. The van der Waals surface area contributed by atoms with Crippen LogP contribution in [0.5, 0.6) is 0 Å². The van der Waals surface area contributed by atoms with E-state index in [1.807, 2.05) is 39.0 Å². The molecule has 0 bridgehead atoms. The van der Waals surface area contributed by atoms with E-state index in [1.165, 1.54) is 7.11 Å². The van der Waals surface area contributed by atoms with Crippen LogP contribution in [0.2, 0.25) is 0 Å². The Balaban J connectivity index is 3.30. The molecule has 0 aliphatic heterocycles. The second-order valence-corrected chi connectivity index (χ2v) is 5.48. The van der Waals surface area contributed by atoms with Crippen LogP contribution in [0.1, 0.15) is 30.9 Å². The van der Waals surface area contributed by atoms with Gasteiger partial charge in [-0.1, -0.05) is 25.1 Å². The van der Waals surface area contributed by atoms with Gasteiger partial charge in [-0.05, 0) is 43.0 Å². The van der Waals surface area contributed by atoms with E-state index < -0.39 is 5.24 Å². The first-order chi connectivity index (χ1) is 9.92. The second-order valence-electron chi connectivity index (χ2n) is 5.06. The van der Waals surface area contributed by atoms with Crippen molar-refractivity contribution >= 4 is 28.4 Å². The standard InChI is InChI=1S/C16H22ClNO3/c1-5-13(9-14(17)19)18(15(20)10-21-4)16-11(2)7-6-8-12(16)3/h6-8,13H,5,9-10H2,1-4H3. The van der Waals surface area contributed by atoms with Gasteiger partial charge in [0.15, 0.2) is 0 Å². The Morgan fingerprint density at radius 2 is 1.86 bits per heavy atom. The van der Waals surface area contributed by atoms with Crippen molar-refractivity contribution in [3.63, 3.8) is 0 Å². The van der Waals surface area contributed by atoms with E-state index in [4.69, 9.17) is 16.3 Å². The lowest BCUT2D eigenvalue weighted by Crippen LogP contribution is -2.43. The number of methoxy groups -OCH3 is 1. The highest BCUT2D eigenvalue weighted by Crippen LogP contribution is 2.29. The number of anilines is 1. The summed E-state index contributed by atoms with van der Waals surface area (Å²) in [7, 11) is 1.48. The lowest BCUT2D eigenvalue weighted by atomic mass is 10.0. The minimum Gasteiger partial charge on any atom is -0.375 e. The molecular formula is C16H22ClNO3. The maximum Gasteiger partial charge on any atom is 0.253 e. The summed E-state index contributed by atoms with van der Waals surface area (Å²) < 4.78 is 4.98. The molecule has 0 fully saturated rings. The highest BCUT2D eigenvalue weighted by atomic mass is 35.5. The first-order valence-corrected chi connectivity index (χ1v) is 7.35. The molecule has 1 aromatic carbocycles. The number of nitrogens with zero attached hydrogens (tertiary/aromatic N) is 1. The number of ether oxygens (including phenoxy) is 1. The quantitative estimate of drug-likeness (QED) is 0.726. The predicted molar refractivity (Wildman–Crippen MR) is 84.8 cm³/mol. The first-order valence-electron chi connectivity index (χ1n) is 6.97. The molecule has 0 aliphatic rings. The molecule has 0 spiro atoms. The lowest BCUT2D eigenvalue weighted by Gasteiger charge is -2.33. The van der Waals surface area contributed by atoms with Gasteiger partial charge in [-0.25, -0.2) is 0 Å². The molecule has 0 saturated carbocycles. The summed E-state index contributed by atoms with van der Waals surface area (Å²) in [6.45, 7) is 5.81. The molecule has 5 heteroatoms. The number of carbonyl (C=O) groups is 2. The van der Waals surface area contributed by atoms with E-state index in [9.17, 15) is 9.59 Å². The number of aryl methyl sites for hydroxylation is 2. The summed E-state index contributed by atoms with van der Waals surface area (Å²) in [4.78, 5) is 25.4. The molecule has 1 aromatic rings. The number of para-hydroxylation sites is 1. The van der Waals surface area contributed by atoms with Crippen molar-refractivity contribution < 1.29 is 14.3 Å². The topological polar surface area (TPSA) is 46.6 Å². The molecular weight excluding hydrogens is 290 g/mol. The fraction of sp³-hybridized carbons (Fsp3) is 0.500. The van der Waals surface area contributed by atoms with Crippen molar-refractivity contribution in [2.75, 3.05) is 18.6 Å². The van der Waals surface area contributed by atoms with Crippen LogP contribution in [0.4, 0.5) is 5.69 Å². The second kappa shape index (κ2) is 8.15. The number of rotatable bonds is 7. The van der Waals surface area contributed by atoms with Crippen molar-refractivity contribution in [1.29, 1.82) is 0 Å². The molecule has 21 heavy (non-hydrogen) atoms. The van der Waals surface area contributed by atoms with E-state index in [-0.39, 0.29) is 25.0 Å². The zero-order valence-electron chi connectivity index (χ0n) is 13.0. The largest absolute Gasteiger partial charge is 0.375 e. The van der Waals surface area contributed by atoms with Crippen LogP contribution < -0.4 is 4.90 Å². The fourth-order valence-corrected chi connectivity index (χ4v) is 2.67. The number of hydrogen-bond donors (Lipinski definition) is 0. The Morgan fingerprint density at radius 3 is 2.29 bits per heavy atom. The first kappa shape index (κ1) is 17.7. The van der Waals surface area contributed by atoms with Gasteiger partial charge in [-0.15, -0.1) is 0 Å². The molecule has 1 unspecified atom stereocenters. The molecule has 116 valence electrons. The minimum atomic E-state index is -0.441. The molecule has 1 amide bonds. The highest BCUT2D eigenvalue weighted by Gasteiger charge is 2.27. The van der Waals surface area contributed by atoms with Gasteiger partial charge in [-0.2, -0.15) is 0 Å². The van der Waals surface area contributed by atoms with Gasteiger partial charge in [0.1, 0.15) is 6.61 Å². The van der Waals surface area contributed by atoms with Crippen molar-refractivity contribution in [3.8, 4) is 0 Å². The molecule has 0 aliphatic carbocycles. The van der Waals surface area contributed by atoms with Crippen LogP contribution >= 0.6 is 11.6 Å². The smallest absolute Gasteiger partial charge is 0.253 e. The third kappa shape index (κ3) is 4.55. The van der Waals surface area contributed by atoms with Gasteiger partial charge < -0.3 is 9.64 Å². The zero-order chi connectivity index (χ0) is 16.0. The molecule has 0 N–H and O–H groups in total. The summed E-state index contributed by atoms with van der Waals surface area (Å²) in [5.41, 5.74) is 2.81. The summed E-state index contributed by atoms with van der Waals surface area (Å²) in [6, 6.07) is 5.58. The van der Waals surface area contributed by atoms with Gasteiger partial charge in [0, 0.05) is 25.3 Å². The Hall–Kier alpha value is -1.39. The Morgan fingerprint density at radius 1 is 1.29 bits per heavy atom. The Bertz CT molecular complexity index is 496. The molecule has 1 atom stereocenters. The normalized spacial score (nSPS) is 12.0. The Kier molecular flexibility index (Phi) is 6.85. The molecule has 0 heterocycles. The van der Waals surface area contributed by atoms with Crippen LogP contribution in [0, 0.1) is 13.8 Å². The molecule has 1 rings (SSSR count). The zero-order valence-corrected chi connectivity index (χ0v) is 13.7. The predicted octanol–water partition coefficient (Wildman–Crippen LogP) is 3.22. The molecule has 4 nitrogen and oxygen atoms in total. The van der Waals surface area contributed by atoms with Crippen molar-refractivity contribution in [2.24, 2.45) is 0 Å². The SMILES string of the molecule is CCC(CC(=O)Cl)N(C(=O)COC)c1c(C)cccc1C. The Labute approximate surface area is 131 Å².